The van der Waals surface area contributed by atoms with E-state index in [4.69, 9.17) is 4.74 Å². The molecule has 112 valence electrons. The van der Waals surface area contributed by atoms with Crippen LogP contribution in [0.15, 0.2) is 0 Å². The topological polar surface area (TPSA) is 98.8 Å². The van der Waals surface area contributed by atoms with Crippen molar-refractivity contribution in [1.82, 2.24) is 5.32 Å². The third-order valence-electron chi connectivity index (χ3n) is 2.31. The van der Waals surface area contributed by atoms with Gasteiger partial charge in [0.25, 0.3) is 0 Å². The monoisotopic (exact) mass is 295 g/mol. The quantitative estimate of drug-likeness (QED) is 0.449. The Morgan fingerprint density at radius 1 is 1.26 bits per heavy atom. The molecule has 1 unspecified atom stereocenters. The summed E-state index contributed by atoms with van der Waals surface area (Å²) in [6.45, 7) is 2.29. The molecule has 0 aromatic rings. The second kappa shape index (κ2) is 8.87. The van der Waals surface area contributed by atoms with E-state index < -0.39 is 39.1 Å². The number of nitrogens with one attached hydrogen (secondary N) is 1. The Bertz CT molecular complexity index is 392. The fourth-order valence-electron chi connectivity index (χ4n) is 1.40. The van der Waals surface area contributed by atoms with Gasteiger partial charge >= 0.3 is 5.97 Å². The lowest BCUT2D eigenvalue weighted by Crippen LogP contribution is -2.34. The molecule has 0 heterocycles. The van der Waals surface area contributed by atoms with Gasteiger partial charge < -0.3 is 14.8 Å². The predicted octanol–water partition coefficient (Wildman–Crippen LogP) is -0.637. The van der Waals surface area contributed by atoms with Gasteiger partial charge in [-0.25, -0.2) is 8.42 Å². The van der Waals surface area contributed by atoms with Gasteiger partial charge in [-0.1, -0.05) is 6.92 Å². The van der Waals surface area contributed by atoms with E-state index >= 15 is 0 Å². The minimum atomic E-state index is -3.62. The number of esters is 1. The molecule has 0 aromatic carbocycles. The Hall–Kier alpha value is -1.15. The fraction of sp³-hybridized carbons (Fsp3) is 0.818. The molecule has 0 aliphatic carbocycles. The van der Waals surface area contributed by atoms with Gasteiger partial charge in [0.15, 0.2) is 9.84 Å². The van der Waals surface area contributed by atoms with E-state index in [2.05, 4.69) is 10.1 Å². The first-order valence-corrected chi connectivity index (χ1v) is 7.68. The predicted molar refractivity (Wildman–Crippen MR) is 69.3 cm³/mol. The molecule has 0 fully saturated rings. The number of methoxy groups -OCH3 is 2. The van der Waals surface area contributed by atoms with E-state index in [-0.39, 0.29) is 0 Å². The molecular formula is C11H21NO6S. The summed E-state index contributed by atoms with van der Waals surface area (Å²) in [5, 5.41) is 2.48. The normalized spacial score (nSPS) is 12.8. The van der Waals surface area contributed by atoms with E-state index in [1.54, 1.807) is 7.11 Å². The average Bonchev–Trinajstić information content (AvgIpc) is 2.32. The Morgan fingerprint density at radius 2 is 1.89 bits per heavy atom. The Morgan fingerprint density at radius 3 is 2.42 bits per heavy atom. The lowest BCUT2D eigenvalue weighted by Gasteiger charge is -2.10. The number of sulfone groups is 1. The third-order valence-corrected chi connectivity index (χ3v) is 4.02. The maximum Gasteiger partial charge on any atom is 0.309 e. The molecule has 0 saturated carbocycles. The summed E-state index contributed by atoms with van der Waals surface area (Å²) in [5.74, 6) is -2.99. The van der Waals surface area contributed by atoms with Gasteiger partial charge in [0, 0.05) is 20.3 Å². The van der Waals surface area contributed by atoms with E-state index in [1.165, 1.54) is 14.0 Å². The molecule has 19 heavy (non-hydrogen) atoms. The van der Waals surface area contributed by atoms with Gasteiger partial charge in [0.1, 0.15) is 5.75 Å². The van der Waals surface area contributed by atoms with E-state index in [0.717, 1.165) is 0 Å². The van der Waals surface area contributed by atoms with Gasteiger partial charge in [0.2, 0.25) is 5.91 Å². The average molecular weight is 295 g/mol. The van der Waals surface area contributed by atoms with Crippen molar-refractivity contribution in [2.75, 3.05) is 38.9 Å². The molecule has 0 saturated heterocycles. The summed E-state index contributed by atoms with van der Waals surface area (Å²) in [5.41, 5.74) is 0. The zero-order chi connectivity index (χ0) is 14.9. The molecule has 0 aliphatic rings. The van der Waals surface area contributed by atoms with Crippen LogP contribution in [-0.2, 0) is 28.9 Å². The van der Waals surface area contributed by atoms with Crippen LogP contribution in [0.25, 0.3) is 0 Å². The lowest BCUT2D eigenvalue weighted by atomic mass is 10.2. The molecular weight excluding hydrogens is 274 g/mol. The van der Waals surface area contributed by atoms with Crippen LogP contribution in [0.4, 0.5) is 0 Å². The van der Waals surface area contributed by atoms with Crippen LogP contribution in [0.1, 0.15) is 13.3 Å². The van der Waals surface area contributed by atoms with Crippen LogP contribution >= 0.6 is 0 Å². The number of rotatable bonds is 9. The highest BCUT2D eigenvalue weighted by Gasteiger charge is 2.24. The second-order valence-corrected chi connectivity index (χ2v) is 6.28. The van der Waals surface area contributed by atoms with E-state index in [9.17, 15) is 18.0 Å². The van der Waals surface area contributed by atoms with Gasteiger partial charge in [-0.15, -0.1) is 0 Å². The lowest BCUT2D eigenvalue weighted by molar-refractivity contribution is -0.144. The smallest absolute Gasteiger partial charge is 0.309 e. The summed E-state index contributed by atoms with van der Waals surface area (Å²) >= 11 is 0. The van der Waals surface area contributed by atoms with Crippen molar-refractivity contribution in [3.63, 3.8) is 0 Å². The highest BCUT2D eigenvalue weighted by molar-refractivity contribution is 7.92. The largest absolute Gasteiger partial charge is 0.469 e. The maximum absolute atomic E-state index is 11.7. The van der Waals surface area contributed by atoms with Gasteiger partial charge in [-0.3, -0.25) is 9.59 Å². The number of hydrogen-bond acceptors (Lipinski definition) is 6. The molecule has 0 rings (SSSR count). The Balaban J connectivity index is 4.15. The first-order chi connectivity index (χ1) is 8.82. The summed E-state index contributed by atoms with van der Waals surface area (Å²) in [7, 11) is -0.891. The van der Waals surface area contributed by atoms with Crippen molar-refractivity contribution >= 4 is 21.7 Å². The van der Waals surface area contributed by atoms with Gasteiger partial charge in [-0.05, 0) is 6.42 Å². The van der Waals surface area contributed by atoms with Crippen molar-refractivity contribution in [2.24, 2.45) is 5.92 Å². The first-order valence-electron chi connectivity index (χ1n) is 5.86. The van der Waals surface area contributed by atoms with Crippen molar-refractivity contribution in [2.45, 2.75) is 13.3 Å². The van der Waals surface area contributed by atoms with Crippen molar-refractivity contribution in [3.8, 4) is 0 Å². The number of amides is 1. The molecule has 0 aliphatic heterocycles. The van der Waals surface area contributed by atoms with Crippen LogP contribution in [0, 0.1) is 5.92 Å². The van der Waals surface area contributed by atoms with Crippen molar-refractivity contribution in [3.05, 3.63) is 0 Å². The van der Waals surface area contributed by atoms with Crippen molar-refractivity contribution < 1.29 is 27.5 Å². The van der Waals surface area contributed by atoms with Crippen LogP contribution in [-0.4, -0.2) is 59.2 Å². The van der Waals surface area contributed by atoms with Crippen LogP contribution in [0.3, 0.4) is 0 Å². The Labute approximate surface area is 113 Å². The zero-order valence-corrected chi connectivity index (χ0v) is 12.3. The van der Waals surface area contributed by atoms with Crippen molar-refractivity contribution in [1.29, 1.82) is 0 Å². The van der Waals surface area contributed by atoms with Crippen LogP contribution in [0.2, 0.25) is 0 Å². The molecule has 1 amide bonds. The molecule has 0 bridgehead atoms. The SMILES string of the molecule is COCCCNC(=O)CS(=O)(=O)CC(C)C(=O)OC. The second-order valence-electron chi connectivity index (χ2n) is 4.18. The highest BCUT2D eigenvalue weighted by Crippen LogP contribution is 2.04. The maximum atomic E-state index is 11.7. The minimum Gasteiger partial charge on any atom is -0.469 e. The first kappa shape index (κ1) is 17.8. The molecule has 8 heteroatoms. The van der Waals surface area contributed by atoms with E-state index in [1.807, 2.05) is 0 Å². The number of ether oxygens (including phenoxy) is 2. The standard InChI is InChI=1S/C11H21NO6S/c1-9(11(14)18-3)7-19(15,16)8-10(13)12-5-4-6-17-2/h9H,4-8H2,1-3H3,(H,12,13). The number of carbonyl (C=O) groups excluding carboxylic acids is 2. The summed E-state index contributed by atoms with van der Waals surface area (Å²) in [6, 6.07) is 0. The third kappa shape index (κ3) is 8.55. The zero-order valence-electron chi connectivity index (χ0n) is 11.5. The molecule has 7 nitrogen and oxygen atoms in total. The van der Waals surface area contributed by atoms with Crippen LogP contribution < -0.4 is 5.32 Å². The summed E-state index contributed by atoms with van der Waals surface area (Å²) in [4.78, 5) is 22.5. The molecule has 0 spiro atoms. The number of hydrogen-bond donors (Lipinski definition) is 1. The molecule has 1 atom stereocenters. The molecule has 0 aromatic heterocycles. The summed E-state index contributed by atoms with van der Waals surface area (Å²) < 4.78 is 32.6. The van der Waals surface area contributed by atoms with Gasteiger partial charge in [-0.2, -0.15) is 0 Å². The molecule has 0 radical (unpaired) electrons. The van der Waals surface area contributed by atoms with Gasteiger partial charge in [0.05, 0.1) is 18.8 Å². The van der Waals surface area contributed by atoms with E-state index in [0.29, 0.717) is 19.6 Å². The Kier molecular flexibility index (Phi) is 8.33. The number of carbonyl (C=O) groups is 2. The van der Waals surface area contributed by atoms with Crippen LogP contribution in [0.5, 0.6) is 0 Å². The molecule has 1 N–H and O–H groups in total. The highest BCUT2D eigenvalue weighted by atomic mass is 32.2. The fourth-order valence-corrected chi connectivity index (χ4v) is 2.92. The summed E-state index contributed by atoms with van der Waals surface area (Å²) in [6.07, 6.45) is 0.612. The minimum absolute atomic E-state index is 0.356.